The van der Waals surface area contributed by atoms with E-state index in [9.17, 15) is 5.11 Å². The second-order valence-electron chi connectivity index (χ2n) is 7.33. The molecule has 2 fully saturated rings. The van der Waals surface area contributed by atoms with Crippen molar-refractivity contribution >= 4 is 10.9 Å². The first-order chi connectivity index (χ1) is 12.8. The molecule has 1 aromatic carbocycles. The molecule has 0 unspecified atom stereocenters. The molecule has 6 heteroatoms. The Bertz CT molecular complexity index is 733. The van der Waals surface area contributed by atoms with E-state index in [0.717, 1.165) is 68.5 Å². The van der Waals surface area contributed by atoms with Gasteiger partial charge in [-0.15, -0.1) is 0 Å². The predicted octanol–water partition coefficient (Wildman–Crippen LogP) is 1.93. The van der Waals surface area contributed by atoms with Crippen LogP contribution in [0.3, 0.4) is 0 Å². The van der Waals surface area contributed by atoms with Gasteiger partial charge in [0, 0.05) is 30.0 Å². The summed E-state index contributed by atoms with van der Waals surface area (Å²) in [7, 11) is 0. The molecule has 0 radical (unpaired) electrons. The number of hydrogen-bond donors (Lipinski definition) is 2. The van der Waals surface area contributed by atoms with E-state index in [1.165, 1.54) is 5.69 Å². The molecule has 2 aromatic rings. The molecule has 2 aliphatic heterocycles. The summed E-state index contributed by atoms with van der Waals surface area (Å²) in [6.45, 7) is 4.90. The second-order valence-corrected chi connectivity index (χ2v) is 7.33. The van der Waals surface area contributed by atoms with Gasteiger partial charge in [-0.1, -0.05) is 0 Å². The van der Waals surface area contributed by atoms with Gasteiger partial charge in [0.05, 0.1) is 17.8 Å². The Balaban J connectivity index is 1.42. The molecule has 2 saturated heterocycles. The highest BCUT2D eigenvalue weighted by Crippen LogP contribution is 2.30. The molecule has 0 amide bonds. The Morgan fingerprint density at radius 1 is 1.19 bits per heavy atom. The number of benzene rings is 1. The Morgan fingerprint density at radius 2 is 2.08 bits per heavy atom. The zero-order valence-electron chi connectivity index (χ0n) is 15.2. The van der Waals surface area contributed by atoms with Crippen LogP contribution in [0.2, 0.25) is 0 Å². The second kappa shape index (κ2) is 8.29. The molecule has 0 spiro atoms. The molecule has 3 heterocycles. The molecule has 140 valence electrons. The zero-order valence-corrected chi connectivity index (χ0v) is 15.2. The van der Waals surface area contributed by atoms with Gasteiger partial charge in [0.1, 0.15) is 18.7 Å². The first-order valence-electron chi connectivity index (χ1n) is 9.78. The quantitative estimate of drug-likeness (QED) is 0.824. The van der Waals surface area contributed by atoms with Crippen molar-refractivity contribution in [2.24, 2.45) is 0 Å². The number of rotatable bonds is 6. The molecule has 6 nitrogen and oxygen atoms in total. The molecule has 0 saturated carbocycles. The molecular formula is C20H28N4O2. The third-order valence-electron chi connectivity index (χ3n) is 5.72. The first-order valence-corrected chi connectivity index (χ1v) is 9.78. The standard InChI is InChI=1S/C20H28N4O2/c25-13-16-2-1-9-24(16)10-11-26-17-3-4-18-19(12-17)22-14-23-20(18)15-5-7-21-8-6-15/h3-4,12,14-16,21,25H,1-2,5-11,13H2/t16-/m0/s1. The van der Waals surface area contributed by atoms with E-state index in [1.54, 1.807) is 6.33 Å². The number of nitrogens with one attached hydrogen (secondary N) is 1. The maximum atomic E-state index is 9.40. The minimum absolute atomic E-state index is 0.242. The van der Waals surface area contributed by atoms with Crippen LogP contribution in [-0.4, -0.2) is 65.4 Å². The van der Waals surface area contributed by atoms with Gasteiger partial charge in [0.15, 0.2) is 0 Å². The van der Waals surface area contributed by atoms with Crippen molar-refractivity contribution in [3.05, 3.63) is 30.2 Å². The van der Waals surface area contributed by atoms with Crippen LogP contribution in [0.4, 0.5) is 0 Å². The summed E-state index contributed by atoms with van der Waals surface area (Å²) in [5.41, 5.74) is 2.13. The van der Waals surface area contributed by atoms with Gasteiger partial charge in [0.2, 0.25) is 0 Å². The molecule has 26 heavy (non-hydrogen) atoms. The van der Waals surface area contributed by atoms with E-state index in [2.05, 4.69) is 26.3 Å². The van der Waals surface area contributed by atoms with Gasteiger partial charge < -0.3 is 15.2 Å². The maximum absolute atomic E-state index is 9.40. The average Bonchev–Trinajstić information content (AvgIpc) is 3.15. The minimum Gasteiger partial charge on any atom is -0.492 e. The van der Waals surface area contributed by atoms with Gasteiger partial charge in [-0.05, 0) is 57.5 Å². The summed E-state index contributed by atoms with van der Waals surface area (Å²) < 4.78 is 5.96. The van der Waals surface area contributed by atoms with E-state index in [4.69, 9.17) is 4.74 Å². The van der Waals surface area contributed by atoms with Gasteiger partial charge >= 0.3 is 0 Å². The highest BCUT2D eigenvalue weighted by atomic mass is 16.5. The minimum atomic E-state index is 0.242. The average molecular weight is 356 g/mol. The lowest BCUT2D eigenvalue weighted by atomic mass is 9.92. The van der Waals surface area contributed by atoms with Crippen molar-refractivity contribution in [2.75, 3.05) is 39.4 Å². The monoisotopic (exact) mass is 356 g/mol. The number of ether oxygens (including phenoxy) is 1. The topological polar surface area (TPSA) is 70.5 Å². The fourth-order valence-electron chi connectivity index (χ4n) is 4.25. The predicted molar refractivity (Wildman–Crippen MR) is 102 cm³/mol. The van der Waals surface area contributed by atoms with Crippen molar-refractivity contribution in [3.63, 3.8) is 0 Å². The Kier molecular flexibility index (Phi) is 5.62. The molecule has 1 aromatic heterocycles. The highest BCUT2D eigenvalue weighted by Gasteiger charge is 2.23. The third kappa shape index (κ3) is 3.82. The number of hydrogen-bond acceptors (Lipinski definition) is 6. The first kappa shape index (κ1) is 17.6. The normalized spacial score (nSPS) is 22.1. The molecule has 0 bridgehead atoms. The summed E-state index contributed by atoms with van der Waals surface area (Å²) in [5, 5.41) is 14.0. The lowest BCUT2D eigenvalue weighted by Crippen LogP contribution is -2.35. The van der Waals surface area contributed by atoms with Crippen LogP contribution in [0.25, 0.3) is 10.9 Å². The number of nitrogens with zero attached hydrogens (tertiary/aromatic N) is 3. The van der Waals surface area contributed by atoms with Crippen LogP contribution in [0.5, 0.6) is 5.75 Å². The van der Waals surface area contributed by atoms with E-state index in [0.29, 0.717) is 18.6 Å². The van der Waals surface area contributed by atoms with Crippen molar-refractivity contribution < 1.29 is 9.84 Å². The fourth-order valence-corrected chi connectivity index (χ4v) is 4.25. The number of aliphatic hydroxyl groups excluding tert-OH is 1. The van der Waals surface area contributed by atoms with Crippen molar-refractivity contribution in [1.82, 2.24) is 20.2 Å². The number of aliphatic hydroxyl groups is 1. The number of fused-ring (bicyclic) bond motifs is 1. The molecular weight excluding hydrogens is 328 g/mol. The van der Waals surface area contributed by atoms with Crippen molar-refractivity contribution in [1.29, 1.82) is 0 Å². The Hall–Kier alpha value is -1.76. The highest BCUT2D eigenvalue weighted by molar-refractivity contribution is 5.82. The van der Waals surface area contributed by atoms with Gasteiger partial charge in [0.25, 0.3) is 0 Å². The number of likely N-dealkylation sites (tertiary alicyclic amines) is 1. The van der Waals surface area contributed by atoms with Crippen molar-refractivity contribution in [3.8, 4) is 5.75 Å². The van der Waals surface area contributed by atoms with E-state index >= 15 is 0 Å². The van der Waals surface area contributed by atoms with Gasteiger partial charge in [-0.2, -0.15) is 0 Å². The maximum Gasteiger partial charge on any atom is 0.121 e. The van der Waals surface area contributed by atoms with E-state index < -0.39 is 0 Å². The lowest BCUT2D eigenvalue weighted by molar-refractivity contribution is 0.139. The van der Waals surface area contributed by atoms with Gasteiger partial charge in [-0.25, -0.2) is 9.97 Å². The number of piperidine rings is 1. The fraction of sp³-hybridized carbons (Fsp3) is 0.600. The van der Waals surface area contributed by atoms with Crippen LogP contribution in [-0.2, 0) is 0 Å². The van der Waals surface area contributed by atoms with Crippen molar-refractivity contribution in [2.45, 2.75) is 37.6 Å². The van der Waals surface area contributed by atoms with Crippen LogP contribution >= 0.6 is 0 Å². The molecule has 0 aliphatic carbocycles. The van der Waals surface area contributed by atoms with Gasteiger partial charge in [-0.3, -0.25) is 4.90 Å². The molecule has 1 atom stereocenters. The molecule has 2 N–H and O–H groups in total. The van der Waals surface area contributed by atoms with Crippen LogP contribution < -0.4 is 10.1 Å². The summed E-state index contributed by atoms with van der Waals surface area (Å²) in [6.07, 6.45) is 6.19. The largest absolute Gasteiger partial charge is 0.492 e. The summed E-state index contributed by atoms with van der Waals surface area (Å²) in [4.78, 5) is 11.4. The lowest BCUT2D eigenvalue weighted by Gasteiger charge is -2.23. The van der Waals surface area contributed by atoms with E-state index in [-0.39, 0.29) is 6.61 Å². The Morgan fingerprint density at radius 3 is 2.92 bits per heavy atom. The van der Waals surface area contributed by atoms with E-state index in [1.807, 2.05) is 12.1 Å². The molecule has 2 aliphatic rings. The zero-order chi connectivity index (χ0) is 17.8. The number of aromatic nitrogens is 2. The summed E-state index contributed by atoms with van der Waals surface area (Å²) >= 11 is 0. The summed E-state index contributed by atoms with van der Waals surface area (Å²) in [6, 6.07) is 6.46. The van der Waals surface area contributed by atoms with Crippen LogP contribution in [0, 0.1) is 0 Å². The summed E-state index contributed by atoms with van der Waals surface area (Å²) in [5.74, 6) is 1.37. The third-order valence-corrected chi connectivity index (χ3v) is 5.72. The van der Waals surface area contributed by atoms with Crippen LogP contribution in [0.1, 0.15) is 37.3 Å². The SMILES string of the molecule is OC[C@@H]1CCCN1CCOc1ccc2c(C3CCNCC3)ncnc2c1. The molecule has 4 rings (SSSR count). The van der Waals surface area contributed by atoms with Crippen LogP contribution in [0.15, 0.2) is 24.5 Å². The Labute approximate surface area is 154 Å². The smallest absolute Gasteiger partial charge is 0.121 e.